The van der Waals surface area contributed by atoms with Gasteiger partial charge in [0, 0.05) is 18.7 Å². The van der Waals surface area contributed by atoms with Crippen molar-refractivity contribution in [2.24, 2.45) is 0 Å². The number of imide groups is 1. The number of nitriles is 1. The van der Waals surface area contributed by atoms with Crippen LogP contribution < -0.4 is 4.74 Å². The monoisotopic (exact) mass is 449 g/mol. The minimum atomic E-state index is -0.464. The van der Waals surface area contributed by atoms with Crippen molar-refractivity contribution >= 4 is 34.9 Å². The number of likely N-dealkylation sites (N-methyl/N-ethyl adjacent to an activating group) is 1. The molecule has 164 valence electrons. The van der Waals surface area contributed by atoms with Gasteiger partial charge < -0.3 is 9.64 Å². The Morgan fingerprint density at radius 2 is 1.81 bits per heavy atom. The predicted octanol–water partition coefficient (Wildman–Crippen LogP) is 4.04. The van der Waals surface area contributed by atoms with E-state index in [0.29, 0.717) is 24.4 Å². The van der Waals surface area contributed by atoms with Crippen LogP contribution in [-0.2, 0) is 16.2 Å². The molecule has 32 heavy (non-hydrogen) atoms. The summed E-state index contributed by atoms with van der Waals surface area (Å²) in [7, 11) is 0. The number of hydrogen-bond acceptors (Lipinski definition) is 6. The molecule has 2 aromatic rings. The van der Waals surface area contributed by atoms with Crippen molar-refractivity contribution < 1.29 is 19.1 Å². The Morgan fingerprint density at radius 1 is 1.12 bits per heavy atom. The Balaban J connectivity index is 1.64. The normalized spacial score (nSPS) is 14.5. The molecule has 1 aliphatic rings. The van der Waals surface area contributed by atoms with Crippen molar-refractivity contribution in [1.82, 2.24) is 9.80 Å². The number of carbonyl (C=O) groups excluding carboxylic acids is 3. The van der Waals surface area contributed by atoms with Gasteiger partial charge in [0.05, 0.1) is 16.5 Å². The van der Waals surface area contributed by atoms with Crippen LogP contribution >= 0.6 is 11.8 Å². The van der Waals surface area contributed by atoms with E-state index in [0.717, 1.165) is 27.8 Å². The fraction of sp³-hybridized carbons (Fsp3) is 0.250. The number of rotatable bonds is 8. The molecule has 0 N–H and O–H groups in total. The summed E-state index contributed by atoms with van der Waals surface area (Å²) in [5, 5.41) is 8.71. The number of carbonyl (C=O) groups is 3. The Kier molecular flexibility index (Phi) is 7.68. The van der Waals surface area contributed by atoms with E-state index in [1.54, 1.807) is 47.4 Å². The lowest BCUT2D eigenvalue weighted by Gasteiger charge is -2.21. The third kappa shape index (κ3) is 5.37. The largest absolute Gasteiger partial charge is 0.489 e. The molecule has 8 heteroatoms. The molecule has 7 nitrogen and oxygen atoms in total. The summed E-state index contributed by atoms with van der Waals surface area (Å²) in [5.74, 6) is -0.0974. The number of thioether (sulfide) groups is 1. The van der Waals surface area contributed by atoms with Crippen LogP contribution in [0.2, 0.25) is 0 Å². The molecule has 0 aromatic heterocycles. The first-order valence-electron chi connectivity index (χ1n) is 10.2. The van der Waals surface area contributed by atoms with Gasteiger partial charge in [0.2, 0.25) is 5.91 Å². The first-order chi connectivity index (χ1) is 15.5. The molecule has 3 rings (SSSR count). The van der Waals surface area contributed by atoms with E-state index in [9.17, 15) is 14.4 Å². The fourth-order valence-corrected chi connectivity index (χ4v) is 4.01. The van der Waals surface area contributed by atoms with Crippen LogP contribution in [0.5, 0.6) is 5.75 Å². The van der Waals surface area contributed by atoms with Crippen LogP contribution in [0.3, 0.4) is 0 Å². The predicted molar refractivity (Wildman–Crippen MR) is 123 cm³/mol. The van der Waals surface area contributed by atoms with E-state index < -0.39 is 11.1 Å². The van der Waals surface area contributed by atoms with E-state index in [2.05, 4.69) is 6.07 Å². The number of nitrogens with zero attached hydrogens (tertiary/aromatic N) is 3. The molecule has 0 spiro atoms. The molecule has 1 heterocycles. The van der Waals surface area contributed by atoms with Crippen LogP contribution in [0.25, 0.3) is 6.08 Å². The Morgan fingerprint density at radius 3 is 2.47 bits per heavy atom. The number of amides is 3. The lowest BCUT2D eigenvalue weighted by molar-refractivity contribution is -0.135. The highest BCUT2D eigenvalue weighted by molar-refractivity contribution is 8.18. The minimum absolute atomic E-state index is 0.249. The van der Waals surface area contributed by atoms with E-state index in [-0.39, 0.29) is 24.0 Å². The average molecular weight is 450 g/mol. The lowest BCUT2D eigenvalue weighted by atomic mass is 10.1. The van der Waals surface area contributed by atoms with Gasteiger partial charge in [-0.05, 0) is 55.4 Å². The van der Waals surface area contributed by atoms with Crippen molar-refractivity contribution in [2.45, 2.75) is 20.5 Å². The topological polar surface area (TPSA) is 90.7 Å². The van der Waals surface area contributed by atoms with Crippen molar-refractivity contribution in [3.05, 3.63) is 70.1 Å². The Labute approximate surface area is 191 Å². The fourth-order valence-electron chi connectivity index (χ4n) is 3.18. The quantitative estimate of drug-likeness (QED) is 0.565. The zero-order valence-electron chi connectivity index (χ0n) is 17.9. The molecule has 0 atom stereocenters. The maximum Gasteiger partial charge on any atom is 0.294 e. The van der Waals surface area contributed by atoms with Crippen LogP contribution in [0, 0.1) is 11.3 Å². The molecule has 0 radical (unpaired) electrons. The zero-order valence-corrected chi connectivity index (χ0v) is 18.7. The Bertz CT molecular complexity index is 1090. The second-order valence-corrected chi connectivity index (χ2v) is 7.95. The van der Waals surface area contributed by atoms with Crippen LogP contribution in [0.15, 0.2) is 53.4 Å². The summed E-state index contributed by atoms with van der Waals surface area (Å²) in [6, 6.07) is 16.5. The van der Waals surface area contributed by atoms with Gasteiger partial charge in [-0.15, -0.1) is 0 Å². The van der Waals surface area contributed by atoms with E-state index in [1.807, 2.05) is 26.0 Å². The van der Waals surface area contributed by atoms with Gasteiger partial charge in [-0.1, -0.05) is 30.3 Å². The summed E-state index contributed by atoms with van der Waals surface area (Å²) >= 11 is 0.827. The highest BCUT2D eigenvalue weighted by Crippen LogP contribution is 2.32. The molecule has 1 saturated heterocycles. The minimum Gasteiger partial charge on any atom is -0.489 e. The molecular weight excluding hydrogens is 426 g/mol. The van der Waals surface area contributed by atoms with Crippen LogP contribution in [0.1, 0.15) is 30.5 Å². The second kappa shape index (κ2) is 10.6. The van der Waals surface area contributed by atoms with E-state index in [1.165, 1.54) is 0 Å². The molecular formula is C24H23N3O4S. The molecule has 2 aromatic carbocycles. The molecule has 1 aliphatic heterocycles. The van der Waals surface area contributed by atoms with E-state index in [4.69, 9.17) is 10.00 Å². The van der Waals surface area contributed by atoms with Crippen molar-refractivity contribution in [2.75, 3.05) is 19.6 Å². The van der Waals surface area contributed by atoms with Gasteiger partial charge in [0.1, 0.15) is 18.9 Å². The third-order valence-corrected chi connectivity index (χ3v) is 5.90. The summed E-state index contributed by atoms with van der Waals surface area (Å²) < 4.78 is 5.75. The van der Waals surface area contributed by atoms with Crippen molar-refractivity contribution in [3.8, 4) is 11.8 Å². The zero-order chi connectivity index (χ0) is 23.1. The van der Waals surface area contributed by atoms with Gasteiger partial charge in [-0.3, -0.25) is 19.3 Å². The van der Waals surface area contributed by atoms with Gasteiger partial charge in [-0.25, -0.2) is 0 Å². The SMILES string of the molecule is CCN(CC)C(=O)CN1C(=O)S/C(=C\c2ccc(OCc3ccccc3C#N)cc2)C1=O. The van der Waals surface area contributed by atoms with Crippen LogP contribution in [0.4, 0.5) is 4.79 Å². The maximum atomic E-state index is 12.6. The third-order valence-electron chi connectivity index (χ3n) is 4.99. The lowest BCUT2D eigenvalue weighted by Crippen LogP contribution is -2.41. The summed E-state index contributed by atoms with van der Waals surface area (Å²) in [5.41, 5.74) is 2.10. The standard InChI is InChI=1S/C24H23N3O4S/c1-3-26(4-2)22(28)15-27-23(29)21(32-24(27)30)13-17-9-11-20(12-10-17)31-16-19-8-6-5-7-18(19)14-25/h5-13H,3-4,15-16H2,1-2H3/b21-13-. The molecule has 0 saturated carbocycles. The second-order valence-electron chi connectivity index (χ2n) is 6.96. The number of hydrogen-bond donors (Lipinski definition) is 0. The molecule has 0 unspecified atom stereocenters. The molecule has 1 fully saturated rings. The first kappa shape index (κ1) is 23.1. The van der Waals surface area contributed by atoms with Gasteiger partial charge in [0.25, 0.3) is 11.1 Å². The molecule has 0 aliphatic carbocycles. The molecule has 0 bridgehead atoms. The highest BCUT2D eigenvalue weighted by Gasteiger charge is 2.36. The van der Waals surface area contributed by atoms with Gasteiger partial charge in [-0.2, -0.15) is 5.26 Å². The number of benzene rings is 2. The van der Waals surface area contributed by atoms with Crippen molar-refractivity contribution in [3.63, 3.8) is 0 Å². The summed E-state index contributed by atoms with van der Waals surface area (Å²) in [6.07, 6.45) is 1.63. The summed E-state index contributed by atoms with van der Waals surface area (Å²) in [6.45, 7) is 4.77. The summed E-state index contributed by atoms with van der Waals surface area (Å²) in [4.78, 5) is 40.0. The Hall–Kier alpha value is -3.57. The van der Waals surface area contributed by atoms with Crippen molar-refractivity contribution in [1.29, 1.82) is 5.26 Å². The first-order valence-corrected chi connectivity index (χ1v) is 11.0. The van der Waals surface area contributed by atoms with E-state index >= 15 is 0 Å². The number of ether oxygens (including phenoxy) is 1. The average Bonchev–Trinajstić information content (AvgIpc) is 3.07. The van der Waals surface area contributed by atoms with Gasteiger partial charge in [0.15, 0.2) is 0 Å². The smallest absolute Gasteiger partial charge is 0.294 e. The maximum absolute atomic E-state index is 12.6. The highest BCUT2D eigenvalue weighted by atomic mass is 32.2. The van der Waals surface area contributed by atoms with Gasteiger partial charge >= 0.3 is 0 Å². The molecule has 3 amide bonds. The van der Waals surface area contributed by atoms with Crippen LogP contribution in [-0.4, -0.2) is 46.5 Å².